The van der Waals surface area contributed by atoms with Gasteiger partial charge < -0.3 is 34.0 Å². The van der Waals surface area contributed by atoms with E-state index >= 15 is 0 Å². The van der Waals surface area contributed by atoms with Gasteiger partial charge in [0.25, 0.3) is 0 Å². The van der Waals surface area contributed by atoms with Gasteiger partial charge in [-0.2, -0.15) is 0 Å². The van der Waals surface area contributed by atoms with E-state index < -0.39 is 58.9 Å². The highest BCUT2D eigenvalue weighted by Gasteiger charge is 2.84. The maximum absolute atomic E-state index is 13.7. The lowest BCUT2D eigenvalue weighted by Crippen LogP contribution is -2.64. The summed E-state index contributed by atoms with van der Waals surface area (Å²) >= 11 is 0. The first-order valence-electron chi connectivity index (χ1n) is 16.0. The Morgan fingerprint density at radius 3 is 2.52 bits per heavy atom. The second kappa shape index (κ2) is 11.6. The summed E-state index contributed by atoms with van der Waals surface area (Å²) in [6.07, 6.45) is 4.24. The van der Waals surface area contributed by atoms with Crippen molar-refractivity contribution in [2.45, 2.75) is 117 Å². The molecular weight excluding hydrogens is 540 g/mol. The molecule has 12 atom stereocenters. The number of aliphatic hydroxyl groups excluding tert-OH is 1. The molecule has 4 fully saturated rings. The minimum absolute atomic E-state index is 0.0193. The van der Waals surface area contributed by atoms with Gasteiger partial charge in [0.1, 0.15) is 23.9 Å². The fraction of sp³-hybridized carbons (Fsp3) is 0.848. The van der Waals surface area contributed by atoms with E-state index in [0.717, 1.165) is 37.5 Å². The molecule has 9 nitrogen and oxygen atoms in total. The van der Waals surface area contributed by atoms with Crippen molar-refractivity contribution in [1.82, 2.24) is 0 Å². The molecular formula is C33H50O9. The molecule has 5 rings (SSSR count). The summed E-state index contributed by atoms with van der Waals surface area (Å²) in [5.41, 5.74) is -2.39. The highest BCUT2D eigenvalue weighted by atomic mass is 16.7. The second-order valence-electron chi connectivity index (χ2n) is 14.1. The van der Waals surface area contributed by atoms with Crippen LogP contribution in [-0.2, 0) is 33.3 Å². The zero-order valence-electron chi connectivity index (χ0n) is 26.0. The Kier molecular flexibility index (Phi) is 8.73. The van der Waals surface area contributed by atoms with Crippen LogP contribution in [-0.4, -0.2) is 72.9 Å². The largest absolute Gasteiger partial charge is 0.481 e. The highest BCUT2D eigenvalue weighted by Crippen LogP contribution is 2.82. The van der Waals surface area contributed by atoms with Gasteiger partial charge in [-0.05, 0) is 62.2 Å². The normalized spacial score (nSPS) is 45.5. The molecule has 0 amide bonds. The van der Waals surface area contributed by atoms with Gasteiger partial charge in [0.15, 0.2) is 12.4 Å². The number of carbonyl (C=O) groups excluding carboxylic acids is 2. The summed E-state index contributed by atoms with van der Waals surface area (Å²) in [6, 6.07) is 0. The van der Waals surface area contributed by atoms with Crippen molar-refractivity contribution in [2.24, 2.45) is 45.8 Å². The fourth-order valence-corrected chi connectivity index (χ4v) is 10.2. The Hall–Kier alpha value is -1.81. The van der Waals surface area contributed by atoms with Crippen LogP contribution in [0.4, 0.5) is 0 Å². The number of allylic oxidation sites excluding steroid dienone is 1. The summed E-state index contributed by atoms with van der Waals surface area (Å²) in [5, 5.41) is 22.6. The number of aliphatic carboxylic acids is 1. The number of carboxylic acids is 1. The Labute approximate surface area is 249 Å². The van der Waals surface area contributed by atoms with Crippen LogP contribution >= 0.6 is 0 Å². The first kappa shape index (κ1) is 31.6. The van der Waals surface area contributed by atoms with E-state index in [4.69, 9.17) is 18.9 Å². The number of aliphatic hydroxyl groups is 1. The third kappa shape index (κ3) is 4.27. The van der Waals surface area contributed by atoms with E-state index in [9.17, 15) is 24.6 Å². The second-order valence-corrected chi connectivity index (χ2v) is 14.1. The summed E-state index contributed by atoms with van der Waals surface area (Å²) in [6.45, 7) is 10.1. The van der Waals surface area contributed by atoms with Gasteiger partial charge in [0, 0.05) is 18.9 Å². The molecule has 42 heavy (non-hydrogen) atoms. The fourth-order valence-electron chi connectivity index (χ4n) is 10.2. The molecule has 1 saturated heterocycles. The number of unbranched alkanes of at least 4 members (excludes halogenated alkanes) is 2. The molecule has 3 saturated carbocycles. The molecule has 1 aliphatic heterocycles. The molecule has 4 unspecified atom stereocenters. The maximum atomic E-state index is 13.7. The van der Waals surface area contributed by atoms with Crippen LogP contribution in [0.25, 0.3) is 0 Å². The number of rotatable bonds is 12. The molecule has 0 aromatic heterocycles. The van der Waals surface area contributed by atoms with Crippen LogP contribution in [0.5, 0.6) is 0 Å². The number of aldehydes is 1. The molecule has 1 heterocycles. The number of hydrogen-bond acceptors (Lipinski definition) is 8. The smallest absolute Gasteiger partial charge is 0.315 e. The third-order valence-corrected chi connectivity index (χ3v) is 11.9. The van der Waals surface area contributed by atoms with Crippen molar-refractivity contribution in [3.8, 4) is 0 Å². The Balaban J connectivity index is 1.46. The topological polar surface area (TPSA) is 129 Å². The van der Waals surface area contributed by atoms with Crippen LogP contribution in [0.2, 0.25) is 0 Å². The zero-order chi connectivity index (χ0) is 30.6. The number of ether oxygens (including phenoxy) is 4. The average Bonchev–Trinajstić information content (AvgIpc) is 3.52. The number of hydrogen-bond donors (Lipinski definition) is 2. The van der Waals surface area contributed by atoms with Crippen molar-refractivity contribution < 1.29 is 43.5 Å². The zero-order valence-corrected chi connectivity index (χ0v) is 26.0. The molecule has 0 aromatic carbocycles. The Morgan fingerprint density at radius 1 is 1.17 bits per heavy atom. The maximum Gasteiger partial charge on any atom is 0.315 e. The molecule has 4 aliphatic carbocycles. The minimum Gasteiger partial charge on any atom is -0.481 e. The van der Waals surface area contributed by atoms with Crippen molar-refractivity contribution in [3.05, 3.63) is 11.6 Å². The lowest BCUT2D eigenvalue weighted by molar-refractivity contribution is -0.309. The molecule has 5 aliphatic rings. The van der Waals surface area contributed by atoms with Crippen LogP contribution in [0.1, 0.15) is 86.0 Å². The van der Waals surface area contributed by atoms with Crippen molar-refractivity contribution in [1.29, 1.82) is 0 Å². The predicted octanol–water partition coefficient (Wildman–Crippen LogP) is 4.54. The number of carbonyl (C=O) groups is 3. The van der Waals surface area contributed by atoms with E-state index in [1.54, 1.807) is 6.92 Å². The van der Waals surface area contributed by atoms with Crippen LogP contribution in [0.3, 0.4) is 0 Å². The molecule has 236 valence electrons. The third-order valence-electron chi connectivity index (χ3n) is 11.9. The van der Waals surface area contributed by atoms with E-state index in [2.05, 4.69) is 19.9 Å². The summed E-state index contributed by atoms with van der Waals surface area (Å²) in [4.78, 5) is 39.6. The van der Waals surface area contributed by atoms with Crippen molar-refractivity contribution >= 4 is 18.2 Å². The highest BCUT2D eigenvalue weighted by molar-refractivity contribution is 5.90. The van der Waals surface area contributed by atoms with E-state index in [1.807, 2.05) is 13.8 Å². The summed E-state index contributed by atoms with van der Waals surface area (Å²) in [5.74, 6) is -0.903. The Bertz CT molecular complexity index is 1090. The van der Waals surface area contributed by atoms with Crippen LogP contribution in [0, 0.1) is 45.8 Å². The quantitative estimate of drug-likeness (QED) is 0.146. The van der Waals surface area contributed by atoms with Crippen molar-refractivity contribution in [3.63, 3.8) is 0 Å². The predicted molar refractivity (Wildman–Crippen MR) is 153 cm³/mol. The molecule has 0 spiro atoms. The van der Waals surface area contributed by atoms with Gasteiger partial charge in [-0.3, -0.25) is 9.59 Å². The van der Waals surface area contributed by atoms with Gasteiger partial charge in [-0.15, -0.1) is 0 Å². The van der Waals surface area contributed by atoms with E-state index in [0.29, 0.717) is 25.2 Å². The number of esters is 1. The van der Waals surface area contributed by atoms with Crippen LogP contribution in [0.15, 0.2) is 11.6 Å². The number of methoxy groups -OCH3 is 1. The SMILES string of the molecule is CCCCCC(=O)O[C@H]1[C@H](O)[C@H](OCC23C[C@@H]4[C@H](C)CC[C@H]4C4(C=O)CC2C=C(C(C)C)C34C(=O)O)O[C@H](C)[C@H]1OC. The Morgan fingerprint density at radius 2 is 1.90 bits per heavy atom. The molecule has 9 heteroatoms. The van der Waals surface area contributed by atoms with Gasteiger partial charge in [0.2, 0.25) is 0 Å². The lowest BCUT2D eigenvalue weighted by Gasteiger charge is -2.58. The van der Waals surface area contributed by atoms with Gasteiger partial charge >= 0.3 is 11.9 Å². The van der Waals surface area contributed by atoms with E-state index in [-0.39, 0.29) is 36.7 Å². The number of fused-ring (bicyclic) bond motifs is 2. The van der Waals surface area contributed by atoms with Crippen LogP contribution < -0.4 is 0 Å². The summed E-state index contributed by atoms with van der Waals surface area (Å²) < 4.78 is 23.9. The molecule has 2 N–H and O–H groups in total. The lowest BCUT2D eigenvalue weighted by atomic mass is 9.43. The molecule has 0 radical (unpaired) electrons. The summed E-state index contributed by atoms with van der Waals surface area (Å²) in [7, 11) is 1.49. The van der Waals surface area contributed by atoms with E-state index in [1.165, 1.54) is 7.11 Å². The molecule has 0 aromatic rings. The first-order chi connectivity index (χ1) is 19.9. The standard InChI is InChI=1S/C33H50O9/c1-7-8-9-10-25(35)42-28-26(36)29(41-20(5)27(28)39-6)40-17-32-15-22-19(4)11-12-23(22)31(16-34)14-21(32)13-24(18(2)3)33(31,32)30(37)38/h13,16,18-23,26-29,36H,7-12,14-15,17H2,1-6H3,(H,37,38)/t19-,20-,21?,22-,23-,26+,27-,28+,29-,31?,32?,33?/m1/s1. The first-order valence-corrected chi connectivity index (χ1v) is 16.0. The average molecular weight is 591 g/mol. The van der Waals surface area contributed by atoms with Crippen molar-refractivity contribution in [2.75, 3.05) is 13.7 Å². The molecule has 4 bridgehead atoms. The van der Waals surface area contributed by atoms with Gasteiger partial charge in [-0.25, -0.2) is 0 Å². The monoisotopic (exact) mass is 590 g/mol. The van der Waals surface area contributed by atoms with Gasteiger partial charge in [0.05, 0.1) is 18.1 Å². The number of carboxylic acid groups (broad SMARTS) is 1. The minimum atomic E-state index is -1.38. The van der Waals surface area contributed by atoms with Gasteiger partial charge in [-0.1, -0.05) is 58.6 Å².